The molecule has 0 aliphatic carbocycles. The van der Waals surface area contributed by atoms with Gasteiger partial charge >= 0.3 is 0 Å². The van der Waals surface area contributed by atoms with Gasteiger partial charge in [-0.05, 0) is 68.4 Å². The molecule has 0 spiro atoms. The van der Waals surface area contributed by atoms with Crippen molar-refractivity contribution < 1.29 is 4.39 Å². The van der Waals surface area contributed by atoms with E-state index >= 15 is 0 Å². The molecule has 0 aliphatic heterocycles. The molecule has 2 rings (SSSR count). The molecule has 5 heteroatoms. The maximum atomic E-state index is 13.4. The maximum Gasteiger partial charge on any atom is 0.139 e. The van der Waals surface area contributed by atoms with E-state index < -0.39 is 0 Å². The Morgan fingerprint density at radius 3 is 2.59 bits per heavy atom. The molecule has 0 bridgehead atoms. The third-order valence-corrected chi connectivity index (χ3v) is 5.04. The number of nitrogens with one attached hydrogen (secondary N) is 1. The number of thiophene rings is 1. The highest BCUT2D eigenvalue weighted by atomic mass is 79.9. The van der Waals surface area contributed by atoms with Crippen LogP contribution in [0.1, 0.15) is 17.8 Å². The van der Waals surface area contributed by atoms with Gasteiger partial charge < -0.3 is 5.32 Å². The Bertz CT molecular complexity index is 527. The van der Waals surface area contributed by atoms with E-state index in [9.17, 15) is 4.39 Å². The normalized spacial score (nSPS) is 12.5. The van der Waals surface area contributed by atoms with E-state index in [1.807, 2.05) is 17.5 Å². The van der Waals surface area contributed by atoms with Crippen molar-refractivity contribution >= 4 is 48.9 Å². The number of anilines is 1. The molecule has 90 valence electrons. The summed E-state index contributed by atoms with van der Waals surface area (Å²) in [6, 6.07) is 7.20. The van der Waals surface area contributed by atoms with Crippen molar-refractivity contribution in [1.82, 2.24) is 0 Å². The van der Waals surface area contributed by atoms with E-state index in [4.69, 9.17) is 0 Å². The molecule has 1 atom stereocenters. The van der Waals surface area contributed by atoms with Crippen LogP contribution in [0.3, 0.4) is 0 Å². The molecule has 0 fully saturated rings. The monoisotopic (exact) mass is 377 g/mol. The third kappa shape index (κ3) is 3.09. The predicted octanol–water partition coefficient (Wildman–Crippen LogP) is 5.59. The lowest BCUT2D eigenvalue weighted by molar-refractivity contribution is 0.621. The lowest BCUT2D eigenvalue weighted by Crippen LogP contribution is -2.05. The molecule has 1 N–H and O–H groups in total. The minimum Gasteiger partial charge on any atom is -0.378 e. The van der Waals surface area contributed by atoms with Gasteiger partial charge in [0.05, 0.1) is 10.5 Å². The van der Waals surface area contributed by atoms with Gasteiger partial charge in [-0.3, -0.25) is 0 Å². The zero-order chi connectivity index (χ0) is 12.4. The van der Waals surface area contributed by atoms with Gasteiger partial charge in [-0.25, -0.2) is 4.39 Å². The van der Waals surface area contributed by atoms with Gasteiger partial charge in [0.15, 0.2) is 0 Å². The van der Waals surface area contributed by atoms with Crippen molar-refractivity contribution in [2.45, 2.75) is 13.0 Å². The Morgan fingerprint density at radius 2 is 2.00 bits per heavy atom. The van der Waals surface area contributed by atoms with Crippen LogP contribution in [-0.2, 0) is 0 Å². The first kappa shape index (κ1) is 13.1. The molecule has 0 aliphatic rings. The molecular formula is C12H10Br2FNS. The van der Waals surface area contributed by atoms with Crippen molar-refractivity contribution in [2.75, 3.05) is 5.32 Å². The Balaban J connectivity index is 2.16. The molecule has 0 saturated heterocycles. The molecular weight excluding hydrogens is 369 g/mol. The molecule has 1 aromatic carbocycles. The van der Waals surface area contributed by atoms with Gasteiger partial charge in [-0.1, -0.05) is 0 Å². The number of benzene rings is 1. The second kappa shape index (κ2) is 5.50. The smallest absolute Gasteiger partial charge is 0.139 e. The zero-order valence-corrected chi connectivity index (χ0v) is 13.0. The summed E-state index contributed by atoms with van der Waals surface area (Å²) in [5.41, 5.74) is 0.776. The first-order valence-electron chi connectivity index (χ1n) is 5.02. The van der Waals surface area contributed by atoms with Crippen molar-refractivity contribution in [2.24, 2.45) is 0 Å². The van der Waals surface area contributed by atoms with Crippen LogP contribution in [0.2, 0.25) is 0 Å². The summed E-state index contributed by atoms with van der Waals surface area (Å²) in [7, 11) is 0. The van der Waals surface area contributed by atoms with Gasteiger partial charge in [0.2, 0.25) is 0 Å². The molecule has 17 heavy (non-hydrogen) atoms. The third-order valence-electron chi connectivity index (χ3n) is 2.34. The van der Waals surface area contributed by atoms with Gasteiger partial charge in [0.25, 0.3) is 0 Å². The largest absolute Gasteiger partial charge is 0.378 e. The van der Waals surface area contributed by atoms with Crippen LogP contribution in [0.5, 0.6) is 0 Å². The highest BCUT2D eigenvalue weighted by Gasteiger charge is 2.11. The van der Waals surface area contributed by atoms with Crippen molar-refractivity contribution in [3.05, 3.63) is 49.3 Å². The quantitative estimate of drug-likeness (QED) is 0.734. The topological polar surface area (TPSA) is 12.0 Å². The zero-order valence-electron chi connectivity index (χ0n) is 9.01. The fourth-order valence-corrected chi connectivity index (χ4v) is 3.49. The van der Waals surface area contributed by atoms with Crippen LogP contribution < -0.4 is 5.32 Å². The van der Waals surface area contributed by atoms with E-state index in [0.717, 1.165) is 10.2 Å². The Hall–Kier alpha value is -0.390. The Kier molecular flexibility index (Phi) is 4.22. The summed E-state index contributed by atoms with van der Waals surface area (Å²) < 4.78 is 14.9. The first-order chi connectivity index (χ1) is 8.08. The average molecular weight is 379 g/mol. The molecule has 0 radical (unpaired) electrons. The van der Waals surface area contributed by atoms with E-state index in [0.29, 0.717) is 4.47 Å². The van der Waals surface area contributed by atoms with Gasteiger partial charge in [-0.15, -0.1) is 11.3 Å². The lowest BCUT2D eigenvalue weighted by atomic mass is 10.2. The van der Waals surface area contributed by atoms with Crippen LogP contribution in [0.4, 0.5) is 10.1 Å². The van der Waals surface area contributed by atoms with Crippen LogP contribution >= 0.6 is 43.2 Å². The van der Waals surface area contributed by atoms with Crippen LogP contribution in [0.25, 0.3) is 0 Å². The van der Waals surface area contributed by atoms with Gasteiger partial charge in [-0.2, -0.15) is 0 Å². The fourth-order valence-electron chi connectivity index (χ4n) is 1.52. The molecule has 1 unspecified atom stereocenters. The number of halogens is 3. The first-order valence-corrected chi connectivity index (χ1v) is 7.49. The minimum absolute atomic E-state index is 0.143. The highest BCUT2D eigenvalue weighted by Crippen LogP contribution is 2.31. The summed E-state index contributed by atoms with van der Waals surface area (Å²) in [5.74, 6) is -0.257. The Morgan fingerprint density at radius 1 is 1.24 bits per heavy atom. The summed E-state index contributed by atoms with van der Waals surface area (Å²) in [5, 5.41) is 5.30. The second-order valence-electron chi connectivity index (χ2n) is 3.63. The fraction of sp³-hybridized carbons (Fsp3) is 0.167. The van der Waals surface area contributed by atoms with E-state index in [1.165, 1.54) is 10.9 Å². The molecule has 1 nitrogen and oxygen atoms in total. The van der Waals surface area contributed by atoms with Crippen LogP contribution in [0, 0.1) is 5.82 Å². The number of rotatable bonds is 3. The SMILES string of the molecule is CC(Nc1ccc(Br)c(F)c1)c1sccc1Br. The summed E-state index contributed by atoms with van der Waals surface area (Å²) in [6.07, 6.45) is 0. The molecule has 0 amide bonds. The summed E-state index contributed by atoms with van der Waals surface area (Å²) in [6.45, 7) is 2.05. The summed E-state index contributed by atoms with van der Waals surface area (Å²) >= 11 is 8.30. The van der Waals surface area contributed by atoms with E-state index in [-0.39, 0.29) is 11.9 Å². The summed E-state index contributed by atoms with van der Waals surface area (Å²) in [4.78, 5) is 1.20. The second-order valence-corrected chi connectivity index (χ2v) is 6.28. The van der Waals surface area contributed by atoms with Crippen molar-refractivity contribution in [3.8, 4) is 0 Å². The van der Waals surface area contributed by atoms with Crippen molar-refractivity contribution in [1.29, 1.82) is 0 Å². The van der Waals surface area contributed by atoms with Gasteiger partial charge in [0, 0.05) is 15.0 Å². The highest BCUT2D eigenvalue weighted by molar-refractivity contribution is 9.10. The lowest BCUT2D eigenvalue weighted by Gasteiger charge is -2.14. The maximum absolute atomic E-state index is 13.4. The molecule has 1 heterocycles. The predicted molar refractivity (Wildman–Crippen MR) is 78.2 cm³/mol. The molecule has 1 aromatic heterocycles. The Labute approximate surface area is 120 Å². The van der Waals surface area contributed by atoms with Crippen molar-refractivity contribution in [3.63, 3.8) is 0 Å². The number of hydrogen-bond acceptors (Lipinski definition) is 2. The minimum atomic E-state index is -0.257. The molecule has 0 saturated carbocycles. The van der Waals surface area contributed by atoms with Crippen LogP contribution in [-0.4, -0.2) is 0 Å². The van der Waals surface area contributed by atoms with Crippen LogP contribution in [0.15, 0.2) is 38.6 Å². The average Bonchev–Trinajstić information content (AvgIpc) is 2.70. The van der Waals surface area contributed by atoms with E-state index in [1.54, 1.807) is 17.4 Å². The standard InChI is InChI=1S/C12H10Br2FNS/c1-7(12-10(14)4-5-17-12)16-8-2-3-9(13)11(15)6-8/h2-7,16H,1H3. The van der Waals surface area contributed by atoms with Gasteiger partial charge in [0.1, 0.15) is 5.82 Å². The molecule has 2 aromatic rings. The number of hydrogen-bond donors (Lipinski definition) is 1. The van der Waals surface area contributed by atoms with E-state index in [2.05, 4.69) is 44.1 Å².